The number of aliphatic hydroxyl groups excluding tert-OH is 2. The van der Waals surface area contributed by atoms with Crippen LogP contribution in [-0.2, 0) is 9.59 Å². The number of carbonyl (C=O) groups excluding carboxylic acids is 2. The van der Waals surface area contributed by atoms with Crippen molar-refractivity contribution in [3.8, 4) is 0 Å². The third-order valence-corrected chi connectivity index (χ3v) is 3.41. The summed E-state index contributed by atoms with van der Waals surface area (Å²) in [5, 5.41) is 20.9. The fourth-order valence-corrected chi connectivity index (χ4v) is 2.23. The van der Waals surface area contributed by atoms with E-state index in [1.54, 1.807) is 18.7 Å². The lowest BCUT2D eigenvalue weighted by Gasteiger charge is -2.38. The number of piperazine rings is 1. The van der Waals surface area contributed by atoms with E-state index in [0.717, 1.165) is 0 Å². The van der Waals surface area contributed by atoms with Crippen molar-refractivity contribution < 1.29 is 19.8 Å². The van der Waals surface area contributed by atoms with Gasteiger partial charge in [0.15, 0.2) is 0 Å². The molecule has 0 aromatic carbocycles. The number of aliphatic hydroxyl groups is 2. The quantitative estimate of drug-likeness (QED) is 0.524. The third-order valence-electron chi connectivity index (χ3n) is 3.41. The minimum Gasteiger partial charge on any atom is -0.396 e. The van der Waals surface area contributed by atoms with Crippen LogP contribution in [0.1, 0.15) is 20.3 Å². The van der Waals surface area contributed by atoms with Crippen LogP contribution in [0.25, 0.3) is 0 Å². The molecule has 0 bridgehead atoms. The van der Waals surface area contributed by atoms with E-state index in [9.17, 15) is 9.59 Å². The van der Waals surface area contributed by atoms with Gasteiger partial charge >= 0.3 is 0 Å². The highest BCUT2D eigenvalue weighted by atomic mass is 16.3. The first-order valence-corrected chi connectivity index (χ1v) is 6.96. The molecule has 1 fully saturated rings. The average Bonchev–Trinajstić information content (AvgIpc) is 2.39. The molecule has 0 aliphatic carbocycles. The molecule has 0 aromatic rings. The molecule has 7 nitrogen and oxygen atoms in total. The summed E-state index contributed by atoms with van der Waals surface area (Å²) in [7, 11) is 0. The van der Waals surface area contributed by atoms with Crippen LogP contribution in [0, 0.1) is 0 Å². The summed E-state index contributed by atoms with van der Waals surface area (Å²) in [6, 6.07) is 0. The van der Waals surface area contributed by atoms with Gasteiger partial charge in [-0.25, -0.2) is 0 Å². The van der Waals surface area contributed by atoms with Crippen LogP contribution < -0.4 is 5.32 Å². The Labute approximate surface area is 119 Å². The van der Waals surface area contributed by atoms with Gasteiger partial charge in [-0.3, -0.25) is 9.59 Å². The van der Waals surface area contributed by atoms with Gasteiger partial charge in [0.05, 0.1) is 18.7 Å². The van der Waals surface area contributed by atoms with E-state index >= 15 is 0 Å². The Hall–Kier alpha value is -1.18. The monoisotopic (exact) mass is 287 g/mol. The average molecular weight is 287 g/mol. The van der Waals surface area contributed by atoms with Crippen molar-refractivity contribution in [2.24, 2.45) is 0 Å². The van der Waals surface area contributed by atoms with Gasteiger partial charge in [0, 0.05) is 32.8 Å². The predicted molar refractivity (Wildman–Crippen MR) is 74.0 cm³/mol. The number of carbonyl (C=O) groups is 2. The Kier molecular flexibility index (Phi) is 6.38. The van der Waals surface area contributed by atoms with Gasteiger partial charge in [0.25, 0.3) is 0 Å². The third kappa shape index (κ3) is 4.43. The molecule has 0 spiro atoms. The van der Waals surface area contributed by atoms with Crippen molar-refractivity contribution in [1.82, 2.24) is 15.1 Å². The highest BCUT2D eigenvalue weighted by Gasteiger charge is 2.36. The van der Waals surface area contributed by atoms with Crippen molar-refractivity contribution in [3.05, 3.63) is 0 Å². The summed E-state index contributed by atoms with van der Waals surface area (Å²) in [6.45, 7) is 5.25. The zero-order valence-electron chi connectivity index (χ0n) is 12.3. The standard InChI is InChI=1S/C13H25N3O4/c1-13(2)12(20)16(6-4-14-13)10-11(19)15(7-9-18)5-3-8-17/h14,17-18H,3-10H2,1-2H3. The first-order chi connectivity index (χ1) is 9.42. The molecule has 1 aliphatic heterocycles. The summed E-state index contributed by atoms with van der Waals surface area (Å²) in [5.41, 5.74) is -0.647. The van der Waals surface area contributed by atoms with Crippen molar-refractivity contribution >= 4 is 11.8 Å². The summed E-state index contributed by atoms with van der Waals surface area (Å²) >= 11 is 0. The number of amides is 2. The molecule has 116 valence electrons. The molecule has 7 heteroatoms. The zero-order valence-corrected chi connectivity index (χ0v) is 12.3. The molecular weight excluding hydrogens is 262 g/mol. The molecule has 1 aliphatic rings. The van der Waals surface area contributed by atoms with Crippen molar-refractivity contribution in [2.75, 3.05) is 45.9 Å². The van der Waals surface area contributed by atoms with E-state index in [-0.39, 0.29) is 38.1 Å². The van der Waals surface area contributed by atoms with Crippen LogP contribution in [0.2, 0.25) is 0 Å². The predicted octanol–water partition coefficient (Wildman–Crippen LogP) is -1.60. The Balaban J connectivity index is 2.60. The van der Waals surface area contributed by atoms with E-state index in [2.05, 4.69) is 5.32 Å². The number of hydrogen-bond donors (Lipinski definition) is 3. The highest BCUT2D eigenvalue weighted by molar-refractivity contribution is 5.90. The lowest BCUT2D eigenvalue weighted by molar-refractivity contribution is -0.146. The van der Waals surface area contributed by atoms with Crippen LogP contribution in [0.3, 0.4) is 0 Å². The number of nitrogens with one attached hydrogen (secondary N) is 1. The normalized spacial score (nSPS) is 18.2. The molecule has 1 rings (SSSR count). The van der Waals surface area contributed by atoms with Crippen molar-refractivity contribution in [3.63, 3.8) is 0 Å². The fourth-order valence-electron chi connectivity index (χ4n) is 2.23. The number of nitrogens with zero attached hydrogens (tertiary/aromatic N) is 2. The molecule has 0 unspecified atom stereocenters. The molecule has 2 amide bonds. The smallest absolute Gasteiger partial charge is 0.242 e. The summed E-state index contributed by atoms with van der Waals surface area (Å²) in [6.07, 6.45) is 0.465. The Morgan fingerprint density at radius 3 is 2.65 bits per heavy atom. The second kappa shape index (κ2) is 7.56. The van der Waals surface area contributed by atoms with E-state index in [0.29, 0.717) is 26.1 Å². The first-order valence-electron chi connectivity index (χ1n) is 6.96. The van der Waals surface area contributed by atoms with Crippen LogP contribution >= 0.6 is 0 Å². The van der Waals surface area contributed by atoms with Gasteiger partial charge < -0.3 is 25.3 Å². The summed E-state index contributed by atoms with van der Waals surface area (Å²) in [4.78, 5) is 27.4. The Morgan fingerprint density at radius 1 is 1.35 bits per heavy atom. The van der Waals surface area contributed by atoms with Gasteiger partial charge in [0.2, 0.25) is 11.8 Å². The van der Waals surface area contributed by atoms with Crippen LogP contribution in [-0.4, -0.2) is 83.3 Å². The summed E-state index contributed by atoms with van der Waals surface area (Å²) < 4.78 is 0. The van der Waals surface area contributed by atoms with E-state index in [1.807, 2.05) is 0 Å². The minimum atomic E-state index is -0.647. The lowest BCUT2D eigenvalue weighted by atomic mass is 10.0. The minimum absolute atomic E-state index is 0.00515. The number of hydrogen-bond acceptors (Lipinski definition) is 5. The molecule has 20 heavy (non-hydrogen) atoms. The van der Waals surface area contributed by atoms with Gasteiger partial charge in [-0.1, -0.05) is 0 Å². The second-order valence-electron chi connectivity index (χ2n) is 5.46. The second-order valence-corrected chi connectivity index (χ2v) is 5.46. The molecule has 1 saturated heterocycles. The maximum atomic E-state index is 12.2. The lowest BCUT2D eigenvalue weighted by Crippen LogP contribution is -2.62. The topological polar surface area (TPSA) is 93.1 Å². The molecule has 0 radical (unpaired) electrons. The Morgan fingerprint density at radius 2 is 2.05 bits per heavy atom. The van der Waals surface area contributed by atoms with Crippen LogP contribution in [0.4, 0.5) is 0 Å². The maximum absolute atomic E-state index is 12.2. The molecular formula is C13H25N3O4. The molecule has 3 N–H and O–H groups in total. The molecule has 0 aromatic heterocycles. The van der Waals surface area contributed by atoms with E-state index in [4.69, 9.17) is 10.2 Å². The largest absolute Gasteiger partial charge is 0.396 e. The molecule has 0 atom stereocenters. The zero-order chi connectivity index (χ0) is 15.2. The van der Waals surface area contributed by atoms with Gasteiger partial charge in [0.1, 0.15) is 0 Å². The SMILES string of the molecule is CC1(C)NCCN(CC(=O)N(CCO)CCCO)C1=O. The van der Waals surface area contributed by atoms with Gasteiger partial charge in [-0.15, -0.1) is 0 Å². The first kappa shape index (κ1) is 16.9. The summed E-state index contributed by atoms with van der Waals surface area (Å²) in [5.74, 6) is -0.290. The van der Waals surface area contributed by atoms with Crippen LogP contribution in [0.5, 0.6) is 0 Å². The molecule has 1 heterocycles. The Bertz CT molecular complexity index is 347. The van der Waals surface area contributed by atoms with Gasteiger partial charge in [-0.2, -0.15) is 0 Å². The van der Waals surface area contributed by atoms with E-state index < -0.39 is 5.54 Å². The van der Waals surface area contributed by atoms with E-state index in [1.165, 1.54) is 4.90 Å². The highest BCUT2D eigenvalue weighted by Crippen LogP contribution is 2.12. The van der Waals surface area contributed by atoms with Crippen molar-refractivity contribution in [1.29, 1.82) is 0 Å². The van der Waals surface area contributed by atoms with Crippen LogP contribution in [0.15, 0.2) is 0 Å². The van der Waals surface area contributed by atoms with Gasteiger partial charge in [-0.05, 0) is 20.3 Å². The molecule has 0 saturated carbocycles. The fraction of sp³-hybridized carbons (Fsp3) is 0.846. The number of rotatable bonds is 7. The van der Waals surface area contributed by atoms with Crippen molar-refractivity contribution in [2.45, 2.75) is 25.8 Å². The maximum Gasteiger partial charge on any atom is 0.242 e.